The lowest BCUT2D eigenvalue weighted by atomic mass is 10.2. The first-order valence-corrected chi connectivity index (χ1v) is 5.79. The molecule has 6 heteroatoms. The summed E-state index contributed by atoms with van der Waals surface area (Å²) in [7, 11) is 0. The molecule has 0 heterocycles. The highest BCUT2D eigenvalue weighted by Crippen LogP contribution is 2.20. The summed E-state index contributed by atoms with van der Waals surface area (Å²) in [5.74, 6) is -1.60. The van der Waals surface area contributed by atoms with Crippen molar-refractivity contribution in [3.8, 4) is 5.75 Å². The molecule has 1 aromatic rings. The third-order valence-corrected chi connectivity index (χ3v) is 2.51. The van der Waals surface area contributed by atoms with Gasteiger partial charge in [0.15, 0.2) is 0 Å². The minimum absolute atomic E-state index is 0.110. The number of rotatable bonds is 6. The van der Waals surface area contributed by atoms with E-state index in [2.05, 4.69) is 0 Å². The lowest BCUT2D eigenvalue weighted by Crippen LogP contribution is -2.22. The van der Waals surface area contributed by atoms with Gasteiger partial charge in [-0.2, -0.15) is 13.2 Å². The van der Waals surface area contributed by atoms with Crippen LogP contribution in [-0.4, -0.2) is 18.6 Å². The van der Waals surface area contributed by atoms with E-state index in [0.29, 0.717) is 17.7 Å². The molecule has 0 spiro atoms. The highest BCUT2D eigenvalue weighted by Gasteiger charge is 2.37. The van der Waals surface area contributed by atoms with Gasteiger partial charge in [0.1, 0.15) is 11.6 Å². The van der Waals surface area contributed by atoms with Crippen LogP contribution in [0.5, 0.6) is 5.75 Å². The molecule has 1 aromatic carbocycles. The fraction of sp³-hybridized carbons (Fsp3) is 0.462. The monoisotopic (exact) mass is 278 g/mol. The van der Waals surface area contributed by atoms with Gasteiger partial charge in [0.05, 0.1) is 6.61 Å². The Morgan fingerprint density at radius 3 is 2.53 bits per heavy atom. The highest BCUT2D eigenvalue weighted by atomic mass is 19.4. The van der Waals surface area contributed by atoms with Gasteiger partial charge in [-0.05, 0) is 43.5 Å². The van der Waals surface area contributed by atoms with Crippen LogP contribution in [0.1, 0.15) is 24.8 Å². The van der Waals surface area contributed by atoms with E-state index in [4.69, 9.17) is 4.74 Å². The Balaban J connectivity index is 2.26. The number of hydrogen-bond acceptors (Lipinski definition) is 2. The van der Waals surface area contributed by atoms with E-state index in [-0.39, 0.29) is 18.8 Å². The van der Waals surface area contributed by atoms with E-state index in [1.807, 2.05) is 0 Å². The first kappa shape index (κ1) is 15.5. The molecule has 0 saturated heterocycles. The fourth-order valence-electron chi connectivity index (χ4n) is 1.49. The average molecular weight is 278 g/mol. The molecule has 19 heavy (non-hydrogen) atoms. The summed E-state index contributed by atoms with van der Waals surface area (Å²) in [5, 5.41) is 0. The minimum atomic E-state index is -4.76. The molecule has 0 amide bonds. The summed E-state index contributed by atoms with van der Waals surface area (Å²) in [6, 6.07) is 4.02. The molecule has 2 nitrogen and oxygen atoms in total. The normalized spacial score (nSPS) is 11.4. The zero-order valence-electron chi connectivity index (χ0n) is 10.4. The van der Waals surface area contributed by atoms with E-state index in [1.165, 1.54) is 18.2 Å². The first-order chi connectivity index (χ1) is 8.80. The summed E-state index contributed by atoms with van der Waals surface area (Å²) >= 11 is 0. The molecule has 0 bridgehead atoms. The number of alkyl halides is 3. The maximum atomic E-state index is 12.8. The molecular formula is C13H14F4O2. The number of carbonyl (C=O) groups is 1. The predicted molar refractivity (Wildman–Crippen MR) is 61.5 cm³/mol. The van der Waals surface area contributed by atoms with Crippen LogP contribution in [-0.2, 0) is 4.79 Å². The average Bonchev–Trinajstić information content (AvgIpc) is 2.29. The van der Waals surface area contributed by atoms with Crippen molar-refractivity contribution in [3.05, 3.63) is 29.6 Å². The Bertz CT molecular complexity index is 441. The van der Waals surface area contributed by atoms with Crippen LogP contribution in [0.3, 0.4) is 0 Å². The van der Waals surface area contributed by atoms with Crippen molar-refractivity contribution in [3.63, 3.8) is 0 Å². The maximum Gasteiger partial charge on any atom is 0.449 e. The van der Waals surface area contributed by atoms with Gasteiger partial charge in [-0.3, -0.25) is 4.79 Å². The van der Waals surface area contributed by atoms with Crippen LogP contribution in [0.25, 0.3) is 0 Å². The summed E-state index contributed by atoms with van der Waals surface area (Å²) in [4.78, 5) is 10.6. The van der Waals surface area contributed by atoms with Gasteiger partial charge in [0.2, 0.25) is 5.78 Å². The van der Waals surface area contributed by atoms with E-state index in [9.17, 15) is 22.4 Å². The molecule has 0 unspecified atom stereocenters. The lowest BCUT2D eigenvalue weighted by molar-refractivity contribution is -0.171. The van der Waals surface area contributed by atoms with Gasteiger partial charge in [-0.25, -0.2) is 4.39 Å². The second-order valence-corrected chi connectivity index (χ2v) is 4.14. The standard InChI is InChI=1S/C13H14F4O2/c1-9-8-10(14)5-6-11(9)19-7-3-2-4-12(18)13(15,16)17/h5-6,8H,2-4,7H2,1H3. The van der Waals surface area contributed by atoms with E-state index >= 15 is 0 Å². The number of halogens is 4. The van der Waals surface area contributed by atoms with Crippen LogP contribution >= 0.6 is 0 Å². The third-order valence-electron chi connectivity index (χ3n) is 2.51. The van der Waals surface area contributed by atoms with Gasteiger partial charge >= 0.3 is 6.18 Å². The number of Topliss-reactive ketones (excluding diaryl/α,β-unsaturated/α-hetero) is 1. The Morgan fingerprint density at radius 1 is 1.26 bits per heavy atom. The molecule has 106 valence electrons. The first-order valence-electron chi connectivity index (χ1n) is 5.79. The lowest BCUT2D eigenvalue weighted by Gasteiger charge is -2.09. The number of ketones is 1. The third kappa shape index (κ3) is 5.28. The van der Waals surface area contributed by atoms with Crippen LogP contribution in [0.15, 0.2) is 18.2 Å². The van der Waals surface area contributed by atoms with Crippen LogP contribution < -0.4 is 4.74 Å². The number of carbonyl (C=O) groups excluding carboxylic acids is 1. The van der Waals surface area contributed by atoms with Gasteiger partial charge in [-0.15, -0.1) is 0 Å². The Hall–Kier alpha value is -1.59. The smallest absolute Gasteiger partial charge is 0.449 e. The predicted octanol–water partition coefficient (Wildman–Crippen LogP) is 3.81. The molecule has 0 aromatic heterocycles. The molecule has 0 radical (unpaired) electrons. The molecule has 0 atom stereocenters. The maximum absolute atomic E-state index is 12.8. The fourth-order valence-corrected chi connectivity index (χ4v) is 1.49. The SMILES string of the molecule is Cc1cc(F)ccc1OCCCCC(=O)C(F)(F)F. The van der Waals surface area contributed by atoms with Gasteiger partial charge in [0, 0.05) is 6.42 Å². The van der Waals surface area contributed by atoms with E-state index in [1.54, 1.807) is 6.92 Å². The molecule has 0 aliphatic rings. The van der Waals surface area contributed by atoms with Gasteiger partial charge < -0.3 is 4.74 Å². The van der Waals surface area contributed by atoms with Crippen LogP contribution in [0, 0.1) is 12.7 Å². The number of aryl methyl sites for hydroxylation is 1. The summed E-state index contributed by atoms with van der Waals surface area (Å²) in [6.07, 6.45) is -4.85. The van der Waals surface area contributed by atoms with Crippen LogP contribution in [0.4, 0.5) is 17.6 Å². The van der Waals surface area contributed by atoms with Crippen LogP contribution in [0.2, 0.25) is 0 Å². The second kappa shape index (κ2) is 6.54. The largest absolute Gasteiger partial charge is 0.493 e. The minimum Gasteiger partial charge on any atom is -0.493 e. The molecule has 0 aliphatic carbocycles. The van der Waals surface area contributed by atoms with E-state index in [0.717, 1.165) is 0 Å². The topological polar surface area (TPSA) is 26.3 Å². The Morgan fingerprint density at radius 2 is 1.95 bits per heavy atom. The molecule has 0 N–H and O–H groups in total. The zero-order chi connectivity index (χ0) is 14.5. The Kier molecular flexibility index (Phi) is 5.32. The van der Waals surface area contributed by atoms with Crippen molar-refractivity contribution in [2.45, 2.75) is 32.4 Å². The molecule has 0 aliphatic heterocycles. The molecule has 0 saturated carbocycles. The van der Waals surface area contributed by atoms with Crippen molar-refractivity contribution >= 4 is 5.78 Å². The van der Waals surface area contributed by atoms with Gasteiger partial charge in [0.25, 0.3) is 0 Å². The highest BCUT2D eigenvalue weighted by molar-refractivity contribution is 5.83. The second-order valence-electron chi connectivity index (χ2n) is 4.14. The number of hydrogen-bond donors (Lipinski definition) is 0. The van der Waals surface area contributed by atoms with Gasteiger partial charge in [-0.1, -0.05) is 0 Å². The summed E-state index contributed by atoms with van der Waals surface area (Å²) in [5.41, 5.74) is 0.617. The summed E-state index contributed by atoms with van der Waals surface area (Å²) < 4.78 is 53.8. The van der Waals surface area contributed by atoms with Crippen molar-refractivity contribution in [1.29, 1.82) is 0 Å². The molecular weight excluding hydrogens is 264 g/mol. The van der Waals surface area contributed by atoms with Crippen molar-refractivity contribution in [2.24, 2.45) is 0 Å². The van der Waals surface area contributed by atoms with Crippen molar-refractivity contribution < 1.29 is 27.1 Å². The quantitative estimate of drug-likeness (QED) is 0.584. The zero-order valence-corrected chi connectivity index (χ0v) is 10.4. The number of ether oxygens (including phenoxy) is 1. The number of benzene rings is 1. The molecule has 0 fully saturated rings. The Labute approximate surface area is 108 Å². The molecule has 1 rings (SSSR count). The van der Waals surface area contributed by atoms with Crippen molar-refractivity contribution in [1.82, 2.24) is 0 Å². The van der Waals surface area contributed by atoms with E-state index < -0.39 is 18.4 Å². The number of unbranched alkanes of at least 4 members (excludes halogenated alkanes) is 1. The summed E-state index contributed by atoms with van der Waals surface area (Å²) in [6.45, 7) is 1.86. The van der Waals surface area contributed by atoms with Crippen molar-refractivity contribution in [2.75, 3.05) is 6.61 Å².